The maximum absolute atomic E-state index is 12.1. The summed E-state index contributed by atoms with van der Waals surface area (Å²) in [6.45, 7) is 4.60. The third-order valence-electron chi connectivity index (χ3n) is 3.55. The molecule has 0 aromatic carbocycles. The van der Waals surface area contributed by atoms with Gasteiger partial charge in [0.2, 0.25) is 5.88 Å². The van der Waals surface area contributed by atoms with E-state index in [0.29, 0.717) is 18.4 Å². The van der Waals surface area contributed by atoms with Crippen LogP contribution in [0.2, 0.25) is 0 Å². The lowest BCUT2D eigenvalue weighted by Gasteiger charge is -2.15. The lowest BCUT2D eigenvalue weighted by molar-refractivity contribution is -0.154. The van der Waals surface area contributed by atoms with Crippen LogP contribution in [0.1, 0.15) is 30.2 Å². The van der Waals surface area contributed by atoms with E-state index in [2.05, 4.69) is 43.7 Å². The molecule has 1 unspecified atom stereocenters. The number of hydrogen-bond acceptors (Lipinski definition) is 4. The second-order valence-corrected chi connectivity index (χ2v) is 6.88. The molecule has 0 aliphatic carbocycles. The first-order valence-electron chi connectivity index (χ1n) is 8.57. The van der Waals surface area contributed by atoms with Crippen LogP contribution in [0, 0.1) is 0 Å². The Hall–Kier alpha value is -2.29. The minimum absolute atomic E-state index is 0.0603. The van der Waals surface area contributed by atoms with E-state index in [0.717, 1.165) is 18.7 Å². The molecule has 0 bridgehead atoms. The Morgan fingerprint density at radius 2 is 2.11 bits per heavy atom. The molecule has 0 saturated heterocycles. The van der Waals surface area contributed by atoms with Gasteiger partial charge in [-0.1, -0.05) is 19.1 Å². The molecule has 0 amide bonds. The van der Waals surface area contributed by atoms with Gasteiger partial charge in [0.25, 0.3) is 0 Å². The molecule has 0 saturated carbocycles. The van der Waals surface area contributed by atoms with E-state index in [1.807, 2.05) is 13.0 Å². The number of thiophene rings is 1. The monoisotopic (exact) mass is 400 g/mol. The van der Waals surface area contributed by atoms with E-state index in [1.165, 1.54) is 17.1 Å². The molecule has 2 N–H and O–H groups in total. The van der Waals surface area contributed by atoms with E-state index in [9.17, 15) is 13.2 Å². The molecule has 2 rings (SSSR count). The van der Waals surface area contributed by atoms with Crippen molar-refractivity contribution in [3.63, 3.8) is 0 Å². The number of nitrogens with zero attached hydrogens (tertiary/aromatic N) is 2. The van der Waals surface area contributed by atoms with Crippen LogP contribution in [0.4, 0.5) is 13.2 Å². The maximum Gasteiger partial charge on any atom is 0.422 e. The predicted molar refractivity (Wildman–Crippen MR) is 101 cm³/mol. The Bertz CT molecular complexity index is 702. The third kappa shape index (κ3) is 7.86. The van der Waals surface area contributed by atoms with Crippen LogP contribution in [0.3, 0.4) is 0 Å². The number of nitrogens with one attached hydrogen (secondary N) is 2. The van der Waals surface area contributed by atoms with Gasteiger partial charge in [-0.05, 0) is 23.9 Å². The molecule has 27 heavy (non-hydrogen) atoms. The largest absolute Gasteiger partial charge is 0.468 e. The van der Waals surface area contributed by atoms with Crippen LogP contribution in [-0.2, 0) is 6.54 Å². The van der Waals surface area contributed by atoms with Crippen molar-refractivity contribution < 1.29 is 17.9 Å². The van der Waals surface area contributed by atoms with Crippen LogP contribution >= 0.6 is 11.3 Å². The van der Waals surface area contributed by atoms with Crippen molar-refractivity contribution in [3.05, 3.63) is 46.3 Å². The van der Waals surface area contributed by atoms with Gasteiger partial charge in [-0.15, -0.1) is 11.3 Å². The number of guanidine groups is 1. The SMILES string of the molecule is CCNC(=NCc1ccc(OCC(F)(F)F)nc1)NCC(C)c1cccs1. The van der Waals surface area contributed by atoms with Crippen molar-refractivity contribution in [2.24, 2.45) is 4.99 Å². The van der Waals surface area contributed by atoms with Gasteiger partial charge >= 0.3 is 6.18 Å². The van der Waals surface area contributed by atoms with Gasteiger partial charge in [0, 0.05) is 36.1 Å². The summed E-state index contributed by atoms with van der Waals surface area (Å²) in [5, 5.41) is 8.53. The van der Waals surface area contributed by atoms with E-state index >= 15 is 0 Å². The van der Waals surface area contributed by atoms with Gasteiger partial charge < -0.3 is 15.4 Å². The van der Waals surface area contributed by atoms with Gasteiger partial charge in [-0.25, -0.2) is 9.98 Å². The zero-order chi connectivity index (χ0) is 19.7. The summed E-state index contributed by atoms with van der Waals surface area (Å²) in [7, 11) is 0. The average molecular weight is 400 g/mol. The molecule has 1 atom stereocenters. The smallest absolute Gasteiger partial charge is 0.422 e. The summed E-state index contributed by atoms with van der Waals surface area (Å²) in [5.41, 5.74) is 0.776. The lowest BCUT2D eigenvalue weighted by atomic mass is 10.1. The van der Waals surface area contributed by atoms with Crippen molar-refractivity contribution in [1.29, 1.82) is 0 Å². The Morgan fingerprint density at radius 1 is 1.30 bits per heavy atom. The molecule has 148 valence electrons. The minimum atomic E-state index is -4.38. The number of alkyl halides is 3. The minimum Gasteiger partial charge on any atom is -0.468 e. The quantitative estimate of drug-likeness (QED) is 0.521. The Kier molecular flexibility index (Phi) is 7.90. The molecule has 0 aliphatic rings. The van der Waals surface area contributed by atoms with Crippen molar-refractivity contribution in [2.45, 2.75) is 32.5 Å². The molecule has 0 spiro atoms. The Labute approximate surface area is 160 Å². The van der Waals surface area contributed by atoms with Gasteiger partial charge in [0.15, 0.2) is 12.6 Å². The normalized spacial score (nSPS) is 13.3. The summed E-state index contributed by atoms with van der Waals surface area (Å²) in [6.07, 6.45) is -2.91. The van der Waals surface area contributed by atoms with Crippen molar-refractivity contribution in [1.82, 2.24) is 15.6 Å². The number of ether oxygens (including phenoxy) is 1. The molecule has 2 aromatic heterocycles. The fraction of sp³-hybridized carbons (Fsp3) is 0.444. The molecular weight excluding hydrogens is 377 g/mol. The molecule has 2 heterocycles. The maximum atomic E-state index is 12.1. The molecule has 0 radical (unpaired) electrons. The molecule has 2 aromatic rings. The average Bonchev–Trinajstić information content (AvgIpc) is 3.17. The second-order valence-electron chi connectivity index (χ2n) is 5.90. The summed E-state index contributed by atoms with van der Waals surface area (Å²) in [6, 6.07) is 7.20. The van der Waals surface area contributed by atoms with Gasteiger partial charge in [0.1, 0.15) is 0 Å². The topological polar surface area (TPSA) is 58.5 Å². The van der Waals surface area contributed by atoms with Crippen molar-refractivity contribution >= 4 is 17.3 Å². The first-order chi connectivity index (χ1) is 12.9. The fourth-order valence-electron chi connectivity index (χ4n) is 2.18. The van der Waals surface area contributed by atoms with E-state index < -0.39 is 12.8 Å². The number of aliphatic imine (C=N–C) groups is 1. The highest BCUT2D eigenvalue weighted by atomic mass is 32.1. The summed E-state index contributed by atoms with van der Waals surface area (Å²) in [4.78, 5) is 9.67. The first-order valence-corrected chi connectivity index (χ1v) is 9.45. The van der Waals surface area contributed by atoms with Crippen molar-refractivity contribution in [2.75, 3.05) is 19.7 Å². The fourth-order valence-corrected chi connectivity index (χ4v) is 2.97. The van der Waals surface area contributed by atoms with Crippen LogP contribution in [0.15, 0.2) is 40.8 Å². The van der Waals surface area contributed by atoms with E-state index in [-0.39, 0.29) is 5.88 Å². The van der Waals surface area contributed by atoms with Crippen molar-refractivity contribution in [3.8, 4) is 5.88 Å². The van der Waals surface area contributed by atoms with Crippen LogP contribution in [-0.4, -0.2) is 36.8 Å². The number of hydrogen-bond donors (Lipinski definition) is 2. The number of halogens is 3. The predicted octanol–water partition coefficient (Wildman–Crippen LogP) is 3.94. The summed E-state index contributed by atoms with van der Waals surface area (Å²) >= 11 is 1.72. The van der Waals surface area contributed by atoms with Crippen LogP contribution < -0.4 is 15.4 Å². The second kappa shape index (κ2) is 10.1. The highest BCUT2D eigenvalue weighted by Gasteiger charge is 2.28. The number of aromatic nitrogens is 1. The Balaban J connectivity index is 1.87. The van der Waals surface area contributed by atoms with Gasteiger partial charge in [0.05, 0.1) is 6.54 Å². The summed E-state index contributed by atoms with van der Waals surface area (Å²) < 4.78 is 41.0. The van der Waals surface area contributed by atoms with Gasteiger partial charge in [-0.2, -0.15) is 13.2 Å². The van der Waals surface area contributed by atoms with Crippen LogP contribution in [0.25, 0.3) is 0 Å². The van der Waals surface area contributed by atoms with Gasteiger partial charge in [-0.3, -0.25) is 0 Å². The lowest BCUT2D eigenvalue weighted by Crippen LogP contribution is -2.39. The zero-order valence-corrected chi connectivity index (χ0v) is 16.0. The first kappa shape index (κ1) is 21.0. The van der Waals surface area contributed by atoms with Crippen LogP contribution in [0.5, 0.6) is 5.88 Å². The molecule has 9 heteroatoms. The zero-order valence-electron chi connectivity index (χ0n) is 15.2. The molecule has 0 fully saturated rings. The third-order valence-corrected chi connectivity index (χ3v) is 4.65. The summed E-state index contributed by atoms with van der Waals surface area (Å²) in [5.74, 6) is 0.980. The number of rotatable bonds is 8. The van der Waals surface area contributed by atoms with E-state index in [1.54, 1.807) is 17.4 Å². The molecule has 5 nitrogen and oxygen atoms in total. The molecular formula is C18H23F3N4OS. The number of pyridine rings is 1. The standard InChI is InChI=1S/C18H23F3N4OS/c1-3-22-17(24-9-13(2)15-5-4-8-27-15)25-11-14-6-7-16(23-10-14)26-12-18(19,20)21/h4-8,10,13H,3,9,11-12H2,1-2H3,(H2,22,24,25). The highest BCUT2D eigenvalue weighted by molar-refractivity contribution is 7.10. The van der Waals surface area contributed by atoms with E-state index in [4.69, 9.17) is 0 Å². The molecule has 0 aliphatic heterocycles. The Morgan fingerprint density at radius 3 is 2.70 bits per heavy atom. The highest BCUT2D eigenvalue weighted by Crippen LogP contribution is 2.19.